The molecule has 14 nitrogen and oxygen atoms in total. The Labute approximate surface area is 223 Å². The third kappa shape index (κ3) is 8.88. The zero-order valence-electron chi connectivity index (χ0n) is 22.2. The lowest BCUT2D eigenvalue weighted by molar-refractivity contribution is -0.288. The first-order valence-corrected chi connectivity index (χ1v) is 11.5. The molecule has 0 unspecified atom stereocenters. The van der Waals surface area contributed by atoms with Crippen molar-refractivity contribution in [1.82, 2.24) is 0 Å². The van der Waals surface area contributed by atoms with Crippen molar-refractivity contribution in [3.05, 3.63) is 23.8 Å². The van der Waals surface area contributed by atoms with Gasteiger partial charge in [0.2, 0.25) is 18.1 Å². The van der Waals surface area contributed by atoms with Gasteiger partial charge in [0.1, 0.15) is 12.7 Å². The summed E-state index contributed by atoms with van der Waals surface area (Å²) in [5.41, 5.74) is 0.389. The normalized spacial score (nSPS) is 22.4. The average molecular weight is 555 g/mol. The van der Waals surface area contributed by atoms with Gasteiger partial charge in [0.15, 0.2) is 23.7 Å². The Morgan fingerprint density at radius 3 is 1.79 bits per heavy atom. The molecule has 1 fully saturated rings. The number of hydrogen-bond donors (Lipinski definition) is 1. The molecule has 0 spiro atoms. The van der Waals surface area contributed by atoms with Gasteiger partial charge in [-0.15, -0.1) is 0 Å². The summed E-state index contributed by atoms with van der Waals surface area (Å²) >= 11 is 0. The number of carbonyl (C=O) groups excluding carboxylic acids is 4. The maximum absolute atomic E-state index is 12.0. The number of carbonyl (C=O) groups is 5. The van der Waals surface area contributed by atoms with Crippen LogP contribution in [0.3, 0.4) is 0 Å². The zero-order valence-corrected chi connectivity index (χ0v) is 22.2. The summed E-state index contributed by atoms with van der Waals surface area (Å²) in [6.45, 7) is 4.01. The second kappa shape index (κ2) is 14.0. The molecule has 0 saturated carbocycles. The molecule has 2 rings (SSSR count). The molecule has 214 valence electrons. The fourth-order valence-electron chi connectivity index (χ4n) is 3.68. The number of ether oxygens (including phenoxy) is 8. The Kier molecular flexibility index (Phi) is 11.1. The Morgan fingerprint density at radius 2 is 1.33 bits per heavy atom. The van der Waals surface area contributed by atoms with Gasteiger partial charge in [-0.25, -0.2) is 4.79 Å². The average Bonchev–Trinajstić information content (AvgIpc) is 2.84. The van der Waals surface area contributed by atoms with E-state index >= 15 is 0 Å². The Hall–Kier alpha value is -4.33. The van der Waals surface area contributed by atoms with Crippen LogP contribution in [0.25, 0.3) is 6.08 Å². The lowest BCUT2D eigenvalue weighted by atomic mass is 9.98. The predicted octanol–water partition coefficient (Wildman–Crippen LogP) is 1.26. The van der Waals surface area contributed by atoms with Gasteiger partial charge in [-0.1, -0.05) is 0 Å². The van der Waals surface area contributed by atoms with E-state index in [1.54, 1.807) is 0 Å². The Morgan fingerprint density at radius 1 is 0.821 bits per heavy atom. The van der Waals surface area contributed by atoms with Crippen molar-refractivity contribution in [3.8, 4) is 17.2 Å². The van der Waals surface area contributed by atoms with Crippen molar-refractivity contribution in [1.29, 1.82) is 0 Å². The largest absolute Gasteiger partial charge is 0.493 e. The van der Waals surface area contributed by atoms with Gasteiger partial charge < -0.3 is 43.0 Å². The van der Waals surface area contributed by atoms with Crippen molar-refractivity contribution >= 4 is 35.9 Å². The van der Waals surface area contributed by atoms with Crippen LogP contribution >= 0.6 is 0 Å². The highest BCUT2D eigenvalue weighted by Gasteiger charge is 2.53. The van der Waals surface area contributed by atoms with Gasteiger partial charge in [0.05, 0.1) is 14.2 Å². The van der Waals surface area contributed by atoms with Gasteiger partial charge >= 0.3 is 29.8 Å². The Bertz CT molecular complexity index is 1080. The van der Waals surface area contributed by atoms with Gasteiger partial charge in [0.25, 0.3) is 0 Å². The summed E-state index contributed by atoms with van der Waals surface area (Å²) in [5.74, 6) is -4.12. The molecule has 1 aliphatic rings. The molecule has 1 aromatic carbocycles. The number of aliphatic carboxylic acids is 1. The quantitative estimate of drug-likeness (QED) is 0.235. The van der Waals surface area contributed by atoms with Crippen molar-refractivity contribution in [2.45, 2.75) is 58.4 Å². The van der Waals surface area contributed by atoms with Crippen LogP contribution in [0.15, 0.2) is 18.2 Å². The summed E-state index contributed by atoms with van der Waals surface area (Å²) in [4.78, 5) is 58.3. The first-order chi connectivity index (χ1) is 18.4. The first-order valence-electron chi connectivity index (χ1n) is 11.5. The minimum Gasteiger partial charge on any atom is -0.493 e. The highest BCUT2D eigenvalue weighted by molar-refractivity contribution is 5.85. The Balaban J connectivity index is 2.62. The number of hydrogen-bond acceptors (Lipinski definition) is 13. The highest BCUT2D eigenvalue weighted by Crippen LogP contribution is 2.41. The van der Waals surface area contributed by atoms with E-state index in [1.165, 1.54) is 32.4 Å². The summed E-state index contributed by atoms with van der Waals surface area (Å²) in [6, 6.07) is 2.89. The van der Waals surface area contributed by atoms with E-state index in [4.69, 9.17) is 43.0 Å². The number of rotatable bonds is 11. The van der Waals surface area contributed by atoms with Crippen molar-refractivity contribution in [3.63, 3.8) is 0 Å². The molecule has 0 aromatic heterocycles. The van der Waals surface area contributed by atoms with Crippen LogP contribution in [-0.4, -0.2) is 86.5 Å². The third-order valence-corrected chi connectivity index (χ3v) is 5.08. The van der Waals surface area contributed by atoms with E-state index in [-0.39, 0.29) is 17.2 Å². The first kappa shape index (κ1) is 30.9. The second-order valence-electron chi connectivity index (χ2n) is 8.11. The van der Waals surface area contributed by atoms with Crippen LogP contribution in [0.1, 0.15) is 33.3 Å². The topological polar surface area (TPSA) is 179 Å². The molecule has 0 bridgehead atoms. The number of esters is 4. The summed E-state index contributed by atoms with van der Waals surface area (Å²) in [7, 11) is 2.64. The van der Waals surface area contributed by atoms with Crippen molar-refractivity contribution < 1.29 is 67.0 Å². The minimum atomic E-state index is -1.53. The van der Waals surface area contributed by atoms with E-state index in [2.05, 4.69) is 0 Å². The van der Waals surface area contributed by atoms with Crippen LogP contribution in [0.5, 0.6) is 17.2 Å². The fourth-order valence-corrected chi connectivity index (χ4v) is 3.68. The molecule has 1 heterocycles. The maximum atomic E-state index is 12.0. The molecule has 39 heavy (non-hydrogen) atoms. The van der Waals surface area contributed by atoms with E-state index in [0.717, 1.165) is 33.8 Å². The number of carboxylic acids is 1. The third-order valence-electron chi connectivity index (χ3n) is 5.08. The molecular formula is C25H30O14. The lowest BCUT2D eigenvalue weighted by Crippen LogP contribution is -2.63. The molecule has 1 aliphatic heterocycles. The molecule has 0 amide bonds. The van der Waals surface area contributed by atoms with Crippen LogP contribution in [0.2, 0.25) is 0 Å². The predicted molar refractivity (Wildman–Crippen MR) is 129 cm³/mol. The summed E-state index contributed by atoms with van der Waals surface area (Å²) in [6.07, 6.45) is -4.83. The van der Waals surface area contributed by atoms with Crippen LogP contribution < -0.4 is 14.2 Å². The van der Waals surface area contributed by atoms with Crippen LogP contribution in [0, 0.1) is 0 Å². The molecule has 1 aromatic rings. The highest BCUT2D eigenvalue weighted by atomic mass is 16.7. The molecule has 1 saturated heterocycles. The van der Waals surface area contributed by atoms with E-state index in [9.17, 15) is 24.0 Å². The fraction of sp³-hybridized carbons (Fsp3) is 0.480. The van der Waals surface area contributed by atoms with Gasteiger partial charge in [0, 0.05) is 33.8 Å². The standard InChI is InChI=1S/C25H30O14/c1-12(26)34-11-19-22(35-13(2)27)23(36-14(3)28)24(37-15(4)29)25(38-19)39-21-17(32-5)9-16(7-8-20(30)31)10-18(21)33-6/h7-10,19,22-25H,11H2,1-6H3,(H,30,31)/b8-7+/t19-,22-,23+,24-,25+/m1/s1. The van der Waals surface area contributed by atoms with Gasteiger partial charge in [-0.2, -0.15) is 0 Å². The van der Waals surface area contributed by atoms with E-state index in [0.29, 0.717) is 5.56 Å². The number of carboxylic acid groups (broad SMARTS) is 1. The summed E-state index contributed by atoms with van der Waals surface area (Å²) in [5, 5.41) is 8.94. The van der Waals surface area contributed by atoms with Gasteiger partial charge in [-0.3, -0.25) is 19.2 Å². The summed E-state index contributed by atoms with van der Waals surface area (Å²) < 4.78 is 43.9. The van der Waals surface area contributed by atoms with Crippen LogP contribution in [0.4, 0.5) is 0 Å². The minimum absolute atomic E-state index is 0.0478. The molecule has 14 heteroatoms. The smallest absolute Gasteiger partial charge is 0.328 e. The van der Waals surface area contributed by atoms with Crippen molar-refractivity contribution in [2.24, 2.45) is 0 Å². The van der Waals surface area contributed by atoms with Crippen LogP contribution in [-0.2, 0) is 47.7 Å². The van der Waals surface area contributed by atoms with Crippen molar-refractivity contribution in [2.75, 3.05) is 20.8 Å². The van der Waals surface area contributed by atoms with Gasteiger partial charge in [-0.05, 0) is 23.8 Å². The lowest BCUT2D eigenvalue weighted by Gasteiger charge is -2.44. The molecule has 5 atom stereocenters. The second-order valence-corrected chi connectivity index (χ2v) is 8.11. The maximum Gasteiger partial charge on any atom is 0.328 e. The van der Waals surface area contributed by atoms with E-state index in [1.807, 2.05) is 0 Å². The molecule has 0 radical (unpaired) electrons. The SMILES string of the molecule is COc1cc(/C=C/C(=O)O)cc(OC)c1O[C@@H]1O[C@H](COC(C)=O)[C@@H](OC(C)=O)[C@H](OC(C)=O)[C@H]1OC(C)=O. The molecular weight excluding hydrogens is 524 g/mol. The molecule has 1 N–H and O–H groups in total. The molecule has 0 aliphatic carbocycles. The monoisotopic (exact) mass is 554 g/mol. The number of methoxy groups -OCH3 is 2. The zero-order chi connectivity index (χ0) is 29.3. The van der Waals surface area contributed by atoms with E-state index < -0.39 is 67.2 Å². The number of benzene rings is 1.